The third kappa shape index (κ3) is 5.21. The molecule has 0 heterocycles. The topological polar surface area (TPSA) is 117 Å². The second-order valence-corrected chi connectivity index (χ2v) is 5.58. The number of carbonyl (C=O) groups excluding carboxylic acids is 3. The molecule has 0 saturated carbocycles. The highest BCUT2D eigenvalue weighted by Crippen LogP contribution is 2.23. The van der Waals surface area contributed by atoms with Crippen LogP contribution < -0.4 is 20.5 Å². The van der Waals surface area contributed by atoms with Crippen LogP contribution in [0.1, 0.15) is 27.6 Å². The van der Waals surface area contributed by atoms with Gasteiger partial charge in [0, 0.05) is 17.3 Å². The average molecular weight is 372 g/mol. The number of amides is 2. The Morgan fingerprint density at radius 3 is 1.96 bits per heavy atom. The zero-order valence-corrected chi connectivity index (χ0v) is 15.1. The molecule has 2 aromatic carbocycles. The molecule has 8 nitrogen and oxygen atoms in total. The number of ether oxygens (including phenoxy) is 3. The zero-order chi connectivity index (χ0) is 20.0. The summed E-state index contributed by atoms with van der Waals surface area (Å²) in [4.78, 5) is 35.6. The van der Waals surface area contributed by atoms with Crippen LogP contribution in [0.25, 0.3) is 0 Å². The summed E-state index contributed by atoms with van der Waals surface area (Å²) in [6.45, 7) is 1.45. The van der Waals surface area contributed by atoms with Gasteiger partial charge in [0.1, 0.15) is 11.5 Å². The van der Waals surface area contributed by atoms with Gasteiger partial charge in [0.2, 0.25) is 5.91 Å². The summed E-state index contributed by atoms with van der Waals surface area (Å²) in [7, 11) is 2.92. The largest absolute Gasteiger partial charge is 0.497 e. The summed E-state index contributed by atoms with van der Waals surface area (Å²) in [5.41, 5.74) is 6.11. The van der Waals surface area contributed by atoms with Crippen LogP contribution in [-0.2, 0) is 9.53 Å². The number of carbonyl (C=O) groups is 3. The molecule has 1 atom stereocenters. The number of nitrogens with two attached hydrogens (primary N) is 1. The Labute approximate surface area is 156 Å². The van der Waals surface area contributed by atoms with Crippen molar-refractivity contribution in [2.45, 2.75) is 13.0 Å². The molecular weight excluding hydrogens is 352 g/mol. The normalized spacial score (nSPS) is 11.2. The predicted octanol–water partition coefficient (Wildman–Crippen LogP) is 1.99. The zero-order valence-electron chi connectivity index (χ0n) is 15.1. The maximum Gasteiger partial charge on any atom is 0.339 e. The summed E-state index contributed by atoms with van der Waals surface area (Å²) in [5.74, 6) is -0.936. The van der Waals surface area contributed by atoms with Gasteiger partial charge in [-0.3, -0.25) is 9.59 Å². The van der Waals surface area contributed by atoms with Gasteiger partial charge in [-0.15, -0.1) is 0 Å². The van der Waals surface area contributed by atoms with Crippen molar-refractivity contribution in [2.75, 3.05) is 19.5 Å². The van der Waals surface area contributed by atoms with E-state index in [-0.39, 0.29) is 5.56 Å². The Morgan fingerprint density at radius 2 is 1.48 bits per heavy atom. The van der Waals surface area contributed by atoms with E-state index in [1.807, 2.05) is 0 Å². The SMILES string of the molecule is COc1cc(OC)cc(C(=O)OC(C)C(=O)Nc2ccc(C(N)=O)cc2)c1. The first kappa shape index (κ1) is 19.8. The van der Waals surface area contributed by atoms with E-state index in [0.29, 0.717) is 22.7 Å². The third-order valence-corrected chi connectivity index (χ3v) is 3.68. The molecule has 2 rings (SSSR count). The number of rotatable bonds is 7. The minimum atomic E-state index is -1.05. The van der Waals surface area contributed by atoms with Crippen LogP contribution in [0.3, 0.4) is 0 Å². The molecule has 2 aromatic rings. The van der Waals surface area contributed by atoms with Gasteiger partial charge in [0.15, 0.2) is 6.10 Å². The van der Waals surface area contributed by atoms with Gasteiger partial charge in [0.25, 0.3) is 5.91 Å². The van der Waals surface area contributed by atoms with Crippen LogP contribution in [-0.4, -0.2) is 38.1 Å². The number of hydrogen-bond acceptors (Lipinski definition) is 6. The second kappa shape index (κ2) is 8.70. The van der Waals surface area contributed by atoms with Gasteiger partial charge >= 0.3 is 5.97 Å². The Balaban J connectivity index is 2.03. The van der Waals surface area contributed by atoms with E-state index in [0.717, 1.165) is 0 Å². The number of benzene rings is 2. The van der Waals surface area contributed by atoms with Crippen molar-refractivity contribution in [3.05, 3.63) is 53.6 Å². The first-order chi connectivity index (χ1) is 12.8. The fourth-order valence-electron chi connectivity index (χ4n) is 2.17. The lowest BCUT2D eigenvalue weighted by Gasteiger charge is -2.14. The number of methoxy groups -OCH3 is 2. The molecule has 0 fully saturated rings. The minimum absolute atomic E-state index is 0.191. The van der Waals surface area contributed by atoms with Crippen LogP contribution in [0.2, 0.25) is 0 Å². The van der Waals surface area contributed by atoms with Gasteiger partial charge in [-0.25, -0.2) is 4.79 Å². The molecule has 142 valence electrons. The lowest BCUT2D eigenvalue weighted by atomic mass is 10.2. The van der Waals surface area contributed by atoms with E-state index in [1.165, 1.54) is 57.5 Å². The van der Waals surface area contributed by atoms with E-state index in [9.17, 15) is 14.4 Å². The van der Waals surface area contributed by atoms with E-state index >= 15 is 0 Å². The molecule has 27 heavy (non-hydrogen) atoms. The van der Waals surface area contributed by atoms with Crippen LogP contribution in [0.5, 0.6) is 11.5 Å². The molecular formula is C19H20N2O6. The average Bonchev–Trinajstić information content (AvgIpc) is 2.67. The molecule has 8 heteroatoms. The molecule has 0 aliphatic rings. The fraction of sp³-hybridized carbons (Fsp3) is 0.211. The Bertz CT molecular complexity index is 826. The van der Waals surface area contributed by atoms with Gasteiger partial charge in [0.05, 0.1) is 19.8 Å². The van der Waals surface area contributed by atoms with E-state index in [1.54, 1.807) is 6.07 Å². The Morgan fingerprint density at radius 1 is 0.926 bits per heavy atom. The number of primary amides is 1. The quantitative estimate of drug-likeness (QED) is 0.718. The predicted molar refractivity (Wildman–Crippen MR) is 98.0 cm³/mol. The van der Waals surface area contributed by atoms with E-state index in [4.69, 9.17) is 19.9 Å². The number of nitrogens with one attached hydrogen (secondary N) is 1. The van der Waals surface area contributed by atoms with Crippen molar-refractivity contribution in [3.63, 3.8) is 0 Å². The molecule has 0 radical (unpaired) electrons. The summed E-state index contributed by atoms with van der Waals surface area (Å²) in [5, 5.41) is 2.59. The van der Waals surface area contributed by atoms with Crippen molar-refractivity contribution in [2.24, 2.45) is 5.73 Å². The second-order valence-electron chi connectivity index (χ2n) is 5.58. The molecule has 0 aliphatic heterocycles. The van der Waals surface area contributed by atoms with Gasteiger partial charge in [-0.05, 0) is 43.3 Å². The van der Waals surface area contributed by atoms with E-state index < -0.39 is 23.9 Å². The molecule has 0 bridgehead atoms. The maximum absolute atomic E-state index is 12.3. The van der Waals surface area contributed by atoms with Crippen molar-refractivity contribution in [1.82, 2.24) is 0 Å². The van der Waals surface area contributed by atoms with Crippen molar-refractivity contribution in [1.29, 1.82) is 0 Å². The van der Waals surface area contributed by atoms with Gasteiger partial charge < -0.3 is 25.3 Å². The first-order valence-electron chi connectivity index (χ1n) is 7.99. The summed E-state index contributed by atoms with van der Waals surface area (Å²) < 4.78 is 15.4. The van der Waals surface area contributed by atoms with E-state index in [2.05, 4.69) is 5.32 Å². The third-order valence-electron chi connectivity index (χ3n) is 3.68. The lowest BCUT2D eigenvalue weighted by Crippen LogP contribution is -2.30. The van der Waals surface area contributed by atoms with Crippen molar-refractivity contribution in [3.8, 4) is 11.5 Å². The minimum Gasteiger partial charge on any atom is -0.497 e. The van der Waals surface area contributed by atoms with Crippen molar-refractivity contribution < 1.29 is 28.6 Å². The van der Waals surface area contributed by atoms with Crippen molar-refractivity contribution >= 4 is 23.5 Å². The molecule has 0 aromatic heterocycles. The van der Waals surface area contributed by atoms with Gasteiger partial charge in [-0.2, -0.15) is 0 Å². The van der Waals surface area contributed by atoms with Crippen LogP contribution in [0.4, 0.5) is 5.69 Å². The smallest absolute Gasteiger partial charge is 0.339 e. The van der Waals surface area contributed by atoms with Crippen LogP contribution in [0, 0.1) is 0 Å². The molecule has 3 N–H and O–H groups in total. The van der Waals surface area contributed by atoms with Crippen LogP contribution in [0.15, 0.2) is 42.5 Å². The number of anilines is 1. The fourth-order valence-corrected chi connectivity index (χ4v) is 2.17. The van der Waals surface area contributed by atoms with Crippen LogP contribution >= 0.6 is 0 Å². The Hall–Kier alpha value is -3.55. The molecule has 2 amide bonds. The highest BCUT2D eigenvalue weighted by atomic mass is 16.5. The standard InChI is InChI=1S/C19H20N2O6/c1-11(18(23)21-14-6-4-12(5-7-14)17(20)22)27-19(24)13-8-15(25-2)10-16(9-13)26-3/h4-11H,1-3H3,(H2,20,22)(H,21,23). The highest BCUT2D eigenvalue weighted by Gasteiger charge is 2.20. The summed E-state index contributed by atoms with van der Waals surface area (Å²) in [6.07, 6.45) is -1.05. The number of hydrogen-bond donors (Lipinski definition) is 2. The first-order valence-corrected chi connectivity index (χ1v) is 7.99. The molecule has 0 spiro atoms. The maximum atomic E-state index is 12.3. The highest BCUT2D eigenvalue weighted by molar-refractivity contribution is 5.98. The lowest BCUT2D eigenvalue weighted by molar-refractivity contribution is -0.123. The molecule has 0 aliphatic carbocycles. The monoisotopic (exact) mass is 372 g/mol. The molecule has 1 unspecified atom stereocenters. The Kier molecular flexibility index (Phi) is 6.37. The molecule has 0 saturated heterocycles. The summed E-state index contributed by atoms with van der Waals surface area (Å²) >= 11 is 0. The van der Waals surface area contributed by atoms with Gasteiger partial charge in [-0.1, -0.05) is 0 Å². The summed E-state index contributed by atoms with van der Waals surface area (Å²) in [6, 6.07) is 10.6. The number of esters is 1.